The molecule has 0 unspecified atom stereocenters. The van der Waals surface area contributed by atoms with Gasteiger partial charge in [0.1, 0.15) is 0 Å². The molecular weight excluding hydrogens is 342 g/mol. The van der Waals surface area contributed by atoms with Crippen LogP contribution >= 0.6 is 0 Å². The number of hydrogen-bond donors (Lipinski definition) is 0. The van der Waals surface area contributed by atoms with Gasteiger partial charge in [-0.25, -0.2) is 0 Å². The summed E-state index contributed by atoms with van der Waals surface area (Å²) in [5.41, 5.74) is 8.34. The van der Waals surface area contributed by atoms with E-state index in [0.717, 1.165) is 32.5 Å². The molecule has 148 valence electrons. The lowest BCUT2D eigenvalue weighted by molar-refractivity contribution is 0.178. The summed E-state index contributed by atoms with van der Waals surface area (Å²) in [7, 11) is 0. The summed E-state index contributed by atoms with van der Waals surface area (Å²) in [6, 6.07) is 19.8. The standard InChI is InChI=1S/C26H33NO/c1-4-27(5-2)26-24-17-11-10-15-22(24)16-12-18-25(26)23(19-20-28-6-3)21-13-8-7-9-14-21/h7-11,13-15,17,19H,4-6,12,16,18,20H2,1-3H3/b23-19+. The predicted molar refractivity (Wildman–Crippen MR) is 120 cm³/mol. The number of rotatable bonds is 8. The zero-order valence-electron chi connectivity index (χ0n) is 17.6. The molecule has 28 heavy (non-hydrogen) atoms. The Bertz CT molecular complexity index is 815. The second-order valence-corrected chi connectivity index (χ2v) is 7.15. The van der Waals surface area contributed by atoms with Crippen LogP contribution in [0, 0.1) is 0 Å². The highest BCUT2D eigenvalue weighted by atomic mass is 16.5. The molecule has 0 spiro atoms. The van der Waals surface area contributed by atoms with Crippen LogP contribution < -0.4 is 0 Å². The first-order valence-corrected chi connectivity index (χ1v) is 10.7. The van der Waals surface area contributed by atoms with Crippen LogP contribution in [0.4, 0.5) is 0 Å². The van der Waals surface area contributed by atoms with Gasteiger partial charge in [0.2, 0.25) is 0 Å². The van der Waals surface area contributed by atoms with E-state index in [1.54, 1.807) is 0 Å². The van der Waals surface area contributed by atoms with E-state index in [1.165, 1.54) is 40.0 Å². The second-order valence-electron chi connectivity index (χ2n) is 7.15. The van der Waals surface area contributed by atoms with Gasteiger partial charge in [-0.2, -0.15) is 0 Å². The van der Waals surface area contributed by atoms with Gasteiger partial charge in [-0.3, -0.25) is 0 Å². The minimum atomic E-state index is 0.650. The summed E-state index contributed by atoms with van der Waals surface area (Å²) in [6.07, 6.45) is 5.69. The number of nitrogens with zero attached hydrogens (tertiary/aromatic N) is 1. The van der Waals surface area contributed by atoms with Crippen LogP contribution in [-0.4, -0.2) is 31.2 Å². The first kappa shape index (κ1) is 20.4. The van der Waals surface area contributed by atoms with Crippen LogP contribution in [-0.2, 0) is 11.2 Å². The van der Waals surface area contributed by atoms with E-state index in [9.17, 15) is 0 Å². The van der Waals surface area contributed by atoms with Crippen molar-refractivity contribution in [3.8, 4) is 0 Å². The Morgan fingerprint density at radius 1 is 0.929 bits per heavy atom. The van der Waals surface area contributed by atoms with E-state index >= 15 is 0 Å². The highest BCUT2D eigenvalue weighted by Crippen LogP contribution is 2.39. The van der Waals surface area contributed by atoms with Crippen molar-refractivity contribution >= 4 is 11.3 Å². The van der Waals surface area contributed by atoms with Crippen molar-refractivity contribution in [3.63, 3.8) is 0 Å². The van der Waals surface area contributed by atoms with Gasteiger partial charge < -0.3 is 9.64 Å². The highest BCUT2D eigenvalue weighted by molar-refractivity contribution is 5.89. The van der Waals surface area contributed by atoms with E-state index in [4.69, 9.17) is 4.74 Å². The van der Waals surface area contributed by atoms with E-state index < -0.39 is 0 Å². The lowest BCUT2D eigenvalue weighted by atomic mass is 9.91. The van der Waals surface area contributed by atoms with Crippen LogP contribution in [0.5, 0.6) is 0 Å². The lowest BCUT2D eigenvalue weighted by Crippen LogP contribution is -2.23. The fourth-order valence-electron chi connectivity index (χ4n) is 4.16. The summed E-state index contributed by atoms with van der Waals surface area (Å²) in [4.78, 5) is 2.52. The molecule has 0 saturated heterocycles. The predicted octanol–water partition coefficient (Wildman–Crippen LogP) is 6.20. The van der Waals surface area contributed by atoms with Crippen LogP contribution in [0.25, 0.3) is 11.3 Å². The van der Waals surface area contributed by atoms with E-state index in [0.29, 0.717) is 6.61 Å². The van der Waals surface area contributed by atoms with Gasteiger partial charge in [0.05, 0.1) is 6.61 Å². The fraction of sp³-hybridized carbons (Fsp3) is 0.385. The molecule has 0 aromatic heterocycles. The van der Waals surface area contributed by atoms with Crippen molar-refractivity contribution in [2.24, 2.45) is 0 Å². The van der Waals surface area contributed by atoms with Gasteiger partial charge in [0, 0.05) is 31.0 Å². The molecule has 0 bridgehead atoms. The molecule has 0 aliphatic heterocycles. The maximum Gasteiger partial charge on any atom is 0.0656 e. The number of fused-ring (bicyclic) bond motifs is 1. The summed E-state index contributed by atoms with van der Waals surface area (Å²) in [6.45, 7) is 9.98. The van der Waals surface area contributed by atoms with E-state index in [1.807, 2.05) is 0 Å². The Labute approximate surface area is 170 Å². The number of allylic oxidation sites excluding steroid dienone is 2. The van der Waals surface area contributed by atoms with Gasteiger partial charge in [0.25, 0.3) is 0 Å². The van der Waals surface area contributed by atoms with Gasteiger partial charge in [-0.15, -0.1) is 0 Å². The van der Waals surface area contributed by atoms with Gasteiger partial charge in [0.15, 0.2) is 0 Å². The molecule has 0 fully saturated rings. The fourth-order valence-corrected chi connectivity index (χ4v) is 4.16. The first-order valence-electron chi connectivity index (χ1n) is 10.7. The quantitative estimate of drug-likeness (QED) is 0.510. The van der Waals surface area contributed by atoms with Crippen molar-refractivity contribution in [1.29, 1.82) is 0 Å². The Kier molecular flexibility index (Phi) is 7.50. The largest absolute Gasteiger partial charge is 0.378 e. The third-order valence-electron chi connectivity index (χ3n) is 5.53. The second kappa shape index (κ2) is 10.3. The zero-order valence-corrected chi connectivity index (χ0v) is 17.6. The third-order valence-corrected chi connectivity index (χ3v) is 5.53. The number of ether oxygens (including phenoxy) is 1. The molecule has 1 aliphatic rings. The average molecular weight is 376 g/mol. The third kappa shape index (κ3) is 4.56. The normalized spacial score (nSPS) is 14.6. The average Bonchev–Trinajstić information content (AvgIpc) is 2.93. The molecule has 0 amide bonds. The minimum Gasteiger partial charge on any atom is -0.378 e. The SMILES string of the molecule is CCOC/C=C(/C1=C(N(CC)CC)c2ccccc2CCC1)c1ccccc1. The zero-order chi connectivity index (χ0) is 19.8. The Morgan fingerprint density at radius 2 is 1.64 bits per heavy atom. The molecule has 3 rings (SSSR count). The number of hydrogen-bond acceptors (Lipinski definition) is 2. The van der Waals surface area contributed by atoms with Gasteiger partial charge >= 0.3 is 0 Å². The number of benzene rings is 2. The Hall–Kier alpha value is -2.32. The van der Waals surface area contributed by atoms with Crippen molar-refractivity contribution in [1.82, 2.24) is 4.90 Å². The maximum atomic E-state index is 5.71. The molecule has 0 atom stereocenters. The summed E-state index contributed by atoms with van der Waals surface area (Å²) < 4.78 is 5.71. The molecule has 1 aliphatic carbocycles. The highest BCUT2D eigenvalue weighted by Gasteiger charge is 2.23. The van der Waals surface area contributed by atoms with Crippen molar-refractivity contribution < 1.29 is 4.74 Å². The molecule has 0 radical (unpaired) electrons. The molecule has 2 heteroatoms. The van der Waals surface area contributed by atoms with E-state index in [2.05, 4.69) is 86.3 Å². The molecule has 0 heterocycles. The lowest BCUT2D eigenvalue weighted by Gasteiger charge is -2.29. The van der Waals surface area contributed by atoms with E-state index in [-0.39, 0.29) is 0 Å². The molecule has 0 N–H and O–H groups in total. The van der Waals surface area contributed by atoms with Crippen LogP contribution in [0.3, 0.4) is 0 Å². The Balaban J connectivity index is 2.22. The first-order chi connectivity index (χ1) is 13.8. The van der Waals surface area contributed by atoms with Gasteiger partial charge in [-0.1, -0.05) is 60.7 Å². The smallest absolute Gasteiger partial charge is 0.0656 e. The van der Waals surface area contributed by atoms with Crippen LogP contribution in [0.15, 0.2) is 66.2 Å². The summed E-state index contributed by atoms with van der Waals surface area (Å²) in [5, 5.41) is 0. The maximum absolute atomic E-state index is 5.71. The van der Waals surface area contributed by atoms with Crippen molar-refractivity contribution in [3.05, 3.63) is 82.9 Å². The topological polar surface area (TPSA) is 12.5 Å². The Morgan fingerprint density at radius 3 is 2.36 bits per heavy atom. The summed E-state index contributed by atoms with van der Waals surface area (Å²) >= 11 is 0. The van der Waals surface area contributed by atoms with Gasteiger partial charge in [-0.05, 0) is 62.3 Å². The van der Waals surface area contributed by atoms with Crippen molar-refractivity contribution in [2.75, 3.05) is 26.3 Å². The minimum absolute atomic E-state index is 0.650. The van der Waals surface area contributed by atoms with Crippen LogP contribution in [0.2, 0.25) is 0 Å². The number of aryl methyl sites for hydroxylation is 1. The molecule has 2 aromatic rings. The molecule has 0 saturated carbocycles. The molecular formula is C26H33NO. The van der Waals surface area contributed by atoms with Crippen molar-refractivity contribution in [2.45, 2.75) is 40.0 Å². The van der Waals surface area contributed by atoms with Crippen LogP contribution in [0.1, 0.15) is 50.3 Å². The summed E-state index contributed by atoms with van der Waals surface area (Å²) in [5.74, 6) is 0. The molecule has 2 nitrogen and oxygen atoms in total. The molecule has 2 aromatic carbocycles. The monoisotopic (exact) mass is 375 g/mol.